The summed E-state index contributed by atoms with van der Waals surface area (Å²) in [5, 5.41) is 3.46. The quantitative estimate of drug-likeness (QED) is 0.776. The molecule has 1 nitrogen and oxygen atoms in total. The number of aryl methyl sites for hydroxylation is 1. The SMILES string of the molecule is Cc1cccc(C(C)CCNC(C)C)c1. The molecule has 1 unspecified atom stereocenters. The van der Waals surface area contributed by atoms with Gasteiger partial charge in [-0.15, -0.1) is 0 Å². The minimum Gasteiger partial charge on any atom is -0.315 e. The summed E-state index contributed by atoms with van der Waals surface area (Å²) in [6, 6.07) is 9.42. The van der Waals surface area contributed by atoms with Crippen molar-refractivity contribution in [3.8, 4) is 0 Å². The van der Waals surface area contributed by atoms with E-state index in [1.165, 1.54) is 17.5 Å². The third-order valence-corrected chi connectivity index (χ3v) is 2.74. The molecule has 0 fully saturated rings. The van der Waals surface area contributed by atoms with Gasteiger partial charge in [-0.3, -0.25) is 0 Å². The Bertz CT molecular complexity index is 291. The van der Waals surface area contributed by atoms with E-state index in [4.69, 9.17) is 0 Å². The summed E-state index contributed by atoms with van der Waals surface area (Å²) < 4.78 is 0. The van der Waals surface area contributed by atoms with Crippen LogP contribution in [0.3, 0.4) is 0 Å². The first-order chi connectivity index (χ1) is 7.09. The van der Waals surface area contributed by atoms with Crippen molar-refractivity contribution in [1.29, 1.82) is 0 Å². The van der Waals surface area contributed by atoms with Crippen LogP contribution in [0.4, 0.5) is 0 Å². The van der Waals surface area contributed by atoms with Gasteiger partial charge in [-0.05, 0) is 31.4 Å². The summed E-state index contributed by atoms with van der Waals surface area (Å²) >= 11 is 0. The maximum atomic E-state index is 3.46. The summed E-state index contributed by atoms with van der Waals surface area (Å²) in [4.78, 5) is 0. The lowest BCUT2D eigenvalue weighted by atomic mass is 9.96. The fourth-order valence-corrected chi connectivity index (χ4v) is 1.73. The van der Waals surface area contributed by atoms with Crippen LogP contribution in [0.5, 0.6) is 0 Å². The van der Waals surface area contributed by atoms with Crippen molar-refractivity contribution < 1.29 is 0 Å². The molecular weight excluding hydrogens is 182 g/mol. The van der Waals surface area contributed by atoms with Crippen molar-refractivity contribution in [3.63, 3.8) is 0 Å². The topological polar surface area (TPSA) is 12.0 Å². The fourth-order valence-electron chi connectivity index (χ4n) is 1.73. The first kappa shape index (κ1) is 12.3. The zero-order valence-electron chi connectivity index (χ0n) is 10.4. The Hall–Kier alpha value is -0.820. The highest BCUT2D eigenvalue weighted by Gasteiger charge is 2.05. The molecule has 1 atom stereocenters. The highest BCUT2D eigenvalue weighted by atomic mass is 14.9. The molecule has 0 bridgehead atoms. The van der Waals surface area contributed by atoms with Crippen LogP contribution in [0.1, 0.15) is 44.2 Å². The van der Waals surface area contributed by atoms with Gasteiger partial charge in [0.2, 0.25) is 0 Å². The van der Waals surface area contributed by atoms with Crippen LogP contribution in [0.25, 0.3) is 0 Å². The molecule has 1 heteroatoms. The van der Waals surface area contributed by atoms with Gasteiger partial charge in [-0.1, -0.05) is 50.6 Å². The minimum atomic E-state index is 0.592. The molecule has 1 aromatic carbocycles. The molecule has 0 aliphatic rings. The van der Waals surface area contributed by atoms with Gasteiger partial charge in [0, 0.05) is 6.04 Å². The van der Waals surface area contributed by atoms with Gasteiger partial charge in [0.15, 0.2) is 0 Å². The number of hydrogen-bond acceptors (Lipinski definition) is 1. The Morgan fingerprint density at radius 3 is 2.53 bits per heavy atom. The van der Waals surface area contributed by atoms with Crippen LogP contribution in [-0.4, -0.2) is 12.6 Å². The number of benzene rings is 1. The lowest BCUT2D eigenvalue weighted by molar-refractivity contribution is 0.541. The zero-order chi connectivity index (χ0) is 11.3. The number of rotatable bonds is 5. The molecule has 0 radical (unpaired) electrons. The second-order valence-corrected chi connectivity index (χ2v) is 4.71. The monoisotopic (exact) mass is 205 g/mol. The average molecular weight is 205 g/mol. The molecule has 0 aliphatic carbocycles. The van der Waals surface area contributed by atoms with Crippen molar-refractivity contribution in [3.05, 3.63) is 35.4 Å². The van der Waals surface area contributed by atoms with Crippen LogP contribution >= 0.6 is 0 Å². The standard InChI is InChI=1S/C14H23N/c1-11(2)15-9-8-13(4)14-7-5-6-12(3)10-14/h5-7,10-11,13,15H,8-9H2,1-4H3. The zero-order valence-corrected chi connectivity index (χ0v) is 10.4. The fraction of sp³-hybridized carbons (Fsp3) is 0.571. The maximum absolute atomic E-state index is 3.46. The molecule has 84 valence electrons. The van der Waals surface area contributed by atoms with Crippen molar-refractivity contribution in [2.75, 3.05) is 6.54 Å². The van der Waals surface area contributed by atoms with Gasteiger partial charge >= 0.3 is 0 Å². The Morgan fingerprint density at radius 2 is 1.93 bits per heavy atom. The van der Waals surface area contributed by atoms with Gasteiger partial charge in [0.05, 0.1) is 0 Å². The number of nitrogens with one attached hydrogen (secondary N) is 1. The van der Waals surface area contributed by atoms with E-state index in [1.807, 2.05) is 0 Å². The second-order valence-electron chi connectivity index (χ2n) is 4.71. The summed E-state index contributed by atoms with van der Waals surface area (Å²) in [5.41, 5.74) is 2.82. The lowest BCUT2D eigenvalue weighted by Gasteiger charge is -2.14. The van der Waals surface area contributed by atoms with E-state index < -0.39 is 0 Å². The van der Waals surface area contributed by atoms with Gasteiger partial charge in [-0.2, -0.15) is 0 Å². The Morgan fingerprint density at radius 1 is 1.20 bits per heavy atom. The molecule has 0 saturated carbocycles. The first-order valence-corrected chi connectivity index (χ1v) is 5.89. The van der Waals surface area contributed by atoms with E-state index in [2.05, 4.69) is 57.3 Å². The van der Waals surface area contributed by atoms with Crippen LogP contribution in [-0.2, 0) is 0 Å². The molecule has 1 N–H and O–H groups in total. The first-order valence-electron chi connectivity index (χ1n) is 5.89. The Kier molecular flexibility index (Phi) is 4.83. The van der Waals surface area contributed by atoms with Gasteiger partial charge in [0.1, 0.15) is 0 Å². The predicted octanol–water partition coefficient (Wildman–Crippen LogP) is 3.49. The average Bonchev–Trinajstić information content (AvgIpc) is 2.17. The molecular formula is C14H23N. The molecule has 1 aromatic rings. The smallest absolute Gasteiger partial charge is 0.00103 e. The van der Waals surface area contributed by atoms with E-state index in [0.29, 0.717) is 12.0 Å². The highest BCUT2D eigenvalue weighted by molar-refractivity contribution is 5.24. The second kappa shape index (κ2) is 5.92. The molecule has 0 spiro atoms. The van der Waals surface area contributed by atoms with E-state index in [-0.39, 0.29) is 0 Å². The maximum Gasteiger partial charge on any atom is 0.00103 e. The highest BCUT2D eigenvalue weighted by Crippen LogP contribution is 2.19. The van der Waals surface area contributed by atoms with Crippen molar-refractivity contribution in [1.82, 2.24) is 5.32 Å². The van der Waals surface area contributed by atoms with Crippen molar-refractivity contribution in [2.24, 2.45) is 0 Å². The normalized spacial score (nSPS) is 13.1. The van der Waals surface area contributed by atoms with Crippen molar-refractivity contribution in [2.45, 2.75) is 46.1 Å². The van der Waals surface area contributed by atoms with Crippen LogP contribution in [0.15, 0.2) is 24.3 Å². The number of hydrogen-bond donors (Lipinski definition) is 1. The summed E-state index contributed by atoms with van der Waals surface area (Å²) in [5.74, 6) is 0.649. The van der Waals surface area contributed by atoms with Gasteiger partial charge < -0.3 is 5.32 Å². The molecule has 0 aromatic heterocycles. The molecule has 15 heavy (non-hydrogen) atoms. The third kappa shape index (κ3) is 4.48. The molecule has 1 rings (SSSR count). The van der Waals surface area contributed by atoms with Gasteiger partial charge in [-0.25, -0.2) is 0 Å². The summed E-state index contributed by atoms with van der Waals surface area (Å²) in [6.45, 7) is 9.95. The van der Waals surface area contributed by atoms with E-state index >= 15 is 0 Å². The van der Waals surface area contributed by atoms with Crippen molar-refractivity contribution >= 4 is 0 Å². The van der Waals surface area contributed by atoms with E-state index in [1.54, 1.807) is 0 Å². The van der Waals surface area contributed by atoms with Gasteiger partial charge in [0.25, 0.3) is 0 Å². The van der Waals surface area contributed by atoms with Crippen LogP contribution < -0.4 is 5.32 Å². The van der Waals surface area contributed by atoms with Crippen LogP contribution in [0.2, 0.25) is 0 Å². The van der Waals surface area contributed by atoms with E-state index in [0.717, 1.165) is 6.54 Å². The lowest BCUT2D eigenvalue weighted by Crippen LogP contribution is -2.24. The third-order valence-electron chi connectivity index (χ3n) is 2.74. The predicted molar refractivity (Wildman–Crippen MR) is 67.3 cm³/mol. The summed E-state index contributed by atoms with van der Waals surface area (Å²) in [6.07, 6.45) is 1.21. The minimum absolute atomic E-state index is 0.592. The molecule has 0 amide bonds. The Balaban J connectivity index is 2.43. The molecule has 0 saturated heterocycles. The molecule has 0 heterocycles. The van der Waals surface area contributed by atoms with Crippen LogP contribution in [0, 0.1) is 6.92 Å². The molecule has 0 aliphatic heterocycles. The Labute approximate surface area is 93.9 Å². The largest absolute Gasteiger partial charge is 0.315 e. The summed E-state index contributed by atoms with van der Waals surface area (Å²) in [7, 11) is 0. The van der Waals surface area contributed by atoms with E-state index in [9.17, 15) is 0 Å².